The summed E-state index contributed by atoms with van der Waals surface area (Å²) in [6.45, 7) is 3.21. The number of hydrogen-bond acceptors (Lipinski definition) is 2. The fourth-order valence-corrected chi connectivity index (χ4v) is 2.20. The highest BCUT2D eigenvalue weighted by atomic mass is 19.1. The number of carbonyl (C=O) groups is 1. The summed E-state index contributed by atoms with van der Waals surface area (Å²) in [6.07, 6.45) is 1.01. The average Bonchev–Trinajstić information content (AvgIpc) is 2.48. The molecule has 3 nitrogen and oxygen atoms in total. The minimum absolute atomic E-state index is 0.0241. The molecular weight excluding hydrogens is 279 g/mol. The minimum Gasteiger partial charge on any atom is -0.326 e. The molecule has 0 unspecified atom stereocenters. The molecular formula is C18H21FN2O. The van der Waals surface area contributed by atoms with Crippen LogP contribution in [0.15, 0.2) is 48.5 Å². The quantitative estimate of drug-likeness (QED) is 0.770. The molecule has 0 aliphatic rings. The number of rotatable bonds is 7. The van der Waals surface area contributed by atoms with Gasteiger partial charge in [-0.25, -0.2) is 4.39 Å². The van der Waals surface area contributed by atoms with Gasteiger partial charge in [0.2, 0.25) is 5.91 Å². The normalized spacial score (nSPS) is 10.5. The van der Waals surface area contributed by atoms with E-state index in [1.807, 2.05) is 37.3 Å². The zero-order chi connectivity index (χ0) is 15.8. The van der Waals surface area contributed by atoms with Crippen molar-refractivity contribution >= 4 is 11.6 Å². The maximum absolute atomic E-state index is 13.4. The van der Waals surface area contributed by atoms with E-state index in [-0.39, 0.29) is 11.7 Å². The van der Waals surface area contributed by atoms with Gasteiger partial charge in [-0.15, -0.1) is 0 Å². The van der Waals surface area contributed by atoms with Crippen LogP contribution in [0, 0.1) is 12.7 Å². The van der Waals surface area contributed by atoms with Crippen molar-refractivity contribution in [2.45, 2.75) is 19.8 Å². The number of anilines is 1. The highest BCUT2D eigenvalue weighted by molar-refractivity contribution is 5.90. The molecule has 0 aliphatic carbocycles. The summed E-state index contributed by atoms with van der Waals surface area (Å²) < 4.78 is 13.4. The van der Waals surface area contributed by atoms with E-state index in [4.69, 9.17) is 0 Å². The molecule has 0 aliphatic heterocycles. The van der Waals surface area contributed by atoms with Gasteiger partial charge in [0, 0.05) is 18.7 Å². The van der Waals surface area contributed by atoms with Crippen molar-refractivity contribution in [1.82, 2.24) is 5.32 Å². The van der Waals surface area contributed by atoms with E-state index in [9.17, 15) is 9.18 Å². The molecule has 0 heterocycles. The van der Waals surface area contributed by atoms with Crippen molar-refractivity contribution in [3.63, 3.8) is 0 Å². The zero-order valence-corrected chi connectivity index (χ0v) is 12.7. The molecule has 0 fully saturated rings. The van der Waals surface area contributed by atoms with Crippen LogP contribution in [-0.2, 0) is 11.2 Å². The Labute approximate surface area is 130 Å². The van der Waals surface area contributed by atoms with Crippen molar-refractivity contribution in [3.8, 4) is 0 Å². The third-order valence-corrected chi connectivity index (χ3v) is 3.36. The van der Waals surface area contributed by atoms with E-state index in [2.05, 4.69) is 10.6 Å². The van der Waals surface area contributed by atoms with Gasteiger partial charge in [-0.3, -0.25) is 4.79 Å². The predicted octanol–water partition coefficient (Wildman–Crippen LogP) is 3.30. The Hall–Kier alpha value is -2.20. The van der Waals surface area contributed by atoms with Gasteiger partial charge in [0.25, 0.3) is 0 Å². The monoisotopic (exact) mass is 300 g/mol. The van der Waals surface area contributed by atoms with E-state index in [1.54, 1.807) is 12.1 Å². The smallest absolute Gasteiger partial charge is 0.225 e. The molecule has 4 heteroatoms. The Morgan fingerprint density at radius 1 is 1.09 bits per heavy atom. The maximum Gasteiger partial charge on any atom is 0.225 e. The summed E-state index contributed by atoms with van der Waals surface area (Å²) >= 11 is 0. The number of halogens is 1. The Bertz CT molecular complexity index is 628. The Morgan fingerprint density at radius 3 is 2.68 bits per heavy atom. The van der Waals surface area contributed by atoms with Gasteiger partial charge in [0.05, 0.1) is 0 Å². The maximum atomic E-state index is 13.4. The number of hydrogen-bond donors (Lipinski definition) is 2. The summed E-state index contributed by atoms with van der Waals surface area (Å²) in [5.41, 5.74) is 2.62. The first-order chi connectivity index (χ1) is 10.6. The first-order valence-corrected chi connectivity index (χ1v) is 7.46. The largest absolute Gasteiger partial charge is 0.326 e. The van der Waals surface area contributed by atoms with Gasteiger partial charge in [-0.2, -0.15) is 0 Å². The second kappa shape index (κ2) is 8.29. The van der Waals surface area contributed by atoms with Crippen molar-refractivity contribution in [1.29, 1.82) is 0 Å². The van der Waals surface area contributed by atoms with Crippen LogP contribution in [0.2, 0.25) is 0 Å². The topological polar surface area (TPSA) is 41.1 Å². The average molecular weight is 300 g/mol. The number of amides is 1. The lowest BCUT2D eigenvalue weighted by Gasteiger charge is -2.07. The van der Waals surface area contributed by atoms with E-state index in [1.165, 1.54) is 6.07 Å². The van der Waals surface area contributed by atoms with Gasteiger partial charge in [0.1, 0.15) is 5.82 Å². The molecule has 0 spiro atoms. The second-order valence-electron chi connectivity index (χ2n) is 5.26. The molecule has 0 saturated carbocycles. The van der Waals surface area contributed by atoms with Crippen LogP contribution in [0.3, 0.4) is 0 Å². The fraction of sp³-hybridized carbons (Fsp3) is 0.278. The molecule has 0 saturated heterocycles. The number of nitrogens with one attached hydrogen (secondary N) is 2. The molecule has 0 bridgehead atoms. The molecule has 2 aromatic carbocycles. The van der Waals surface area contributed by atoms with Gasteiger partial charge >= 0.3 is 0 Å². The third-order valence-electron chi connectivity index (χ3n) is 3.36. The molecule has 2 aromatic rings. The standard InChI is InChI=1S/C18H21FN2O/c1-14-5-4-7-16(13-14)21-18(22)10-12-20-11-9-15-6-2-3-8-17(15)19/h2-8,13,20H,9-12H2,1H3,(H,21,22). The molecule has 2 N–H and O–H groups in total. The summed E-state index contributed by atoms with van der Waals surface area (Å²) in [5.74, 6) is -0.203. The molecule has 0 aromatic heterocycles. The predicted molar refractivity (Wildman–Crippen MR) is 87.4 cm³/mol. The van der Waals surface area contributed by atoms with E-state index in [0.717, 1.165) is 11.3 Å². The minimum atomic E-state index is -0.179. The number of carbonyl (C=O) groups excluding carboxylic acids is 1. The van der Waals surface area contributed by atoms with Crippen LogP contribution in [0.4, 0.5) is 10.1 Å². The van der Waals surface area contributed by atoms with Crippen molar-refractivity contribution < 1.29 is 9.18 Å². The van der Waals surface area contributed by atoms with E-state index >= 15 is 0 Å². The molecule has 116 valence electrons. The second-order valence-corrected chi connectivity index (χ2v) is 5.26. The third kappa shape index (κ3) is 5.30. The molecule has 22 heavy (non-hydrogen) atoms. The summed E-state index contributed by atoms with van der Waals surface area (Å²) in [4.78, 5) is 11.8. The summed E-state index contributed by atoms with van der Waals surface area (Å²) in [5, 5.41) is 6.02. The van der Waals surface area contributed by atoms with Crippen LogP contribution in [0.1, 0.15) is 17.5 Å². The molecule has 2 rings (SSSR count). The van der Waals surface area contributed by atoms with E-state index in [0.29, 0.717) is 31.5 Å². The summed E-state index contributed by atoms with van der Waals surface area (Å²) in [7, 11) is 0. The highest BCUT2D eigenvalue weighted by Gasteiger charge is 2.03. The highest BCUT2D eigenvalue weighted by Crippen LogP contribution is 2.09. The summed E-state index contributed by atoms with van der Waals surface area (Å²) in [6, 6.07) is 14.5. The Balaban J connectivity index is 1.64. The van der Waals surface area contributed by atoms with Crippen LogP contribution in [-0.4, -0.2) is 19.0 Å². The number of aryl methyl sites for hydroxylation is 1. The van der Waals surface area contributed by atoms with Gasteiger partial charge < -0.3 is 10.6 Å². The Morgan fingerprint density at radius 2 is 1.91 bits per heavy atom. The first-order valence-electron chi connectivity index (χ1n) is 7.46. The van der Waals surface area contributed by atoms with Crippen LogP contribution in [0.5, 0.6) is 0 Å². The van der Waals surface area contributed by atoms with Gasteiger partial charge in [0.15, 0.2) is 0 Å². The first kappa shape index (κ1) is 16.2. The molecule has 0 atom stereocenters. The van der Waals surface area contributed by atoms with E-state index < -0.39 is 0 Å². The molecule has 0 radical (unpaired) electrons. The SMILES string of the molecule is Cc1cccc(NC(=O)CCNCCc2ccccc2F)c1. The zero-order valence-electron chi connectivity index (χ0n) is 12.7. The van der Waals surface area contributed by atoms with Crippen molar-refractivity contribution in [2.75, 3.05) is 18.4 Å². The lowest BCUT2D eigenvalue weighted by atomic mass is 10.1. The van der Waals surface area contributed by atoms with Gasteiger partial charge in [-0.1, -0.05) is 30.3 Å². The van der Waals surface area contributed by atoms with Crippen LogP contribution >= 0.6 is 0 Å². The van der Waals surface area contributed by atoms with Crippen LogP contribution < -0.4 is 10.6 Å². The molecule has 1 amide bonds. The van der Waals surface area contributed by atoms with Crippen molar-refractivity contribution in [2.24, 2.45) is 0 Å². The lowest BCUT2D eigenvalue weighted by Crippen LogP contribution is -2.23. The van der Waals surface area contributed by atoms with Gasteiger partial charge in [-0.05, 0) is 49.2 Å². The van der Waals surface area contributed by atoms with Crippen LogP contribution in [0.25, 0.3) is 0 Å². The fourth-order valence-electron chi connectivity index (χ4n) is 2.20. The lowest BCUT2D eigenvalue weighted by molar-refractivity contribution is -0.116. The Kier molecular flexibility index (Phi) is 6.10. The van der Waals surface area contributed by atoms with Crippen molar-refractivity contribution in [3.05, 3.63) is 65.5 Å². The number of benzene rings is 2.